The molecule has 1 amide bonds. The van der Waals surface area contributed by atoms with Gasteiger partial charge in [-0.2, -0.15) is 0 Å². The molecule has 0 spiro atoms. The zero-order valence-corrected chi connectivity index (χ0v) is 16.8. The van der Waals surface area contributed by atoms with Crippen molar-refractivity contribution in [1.29, 1.82) is 0 Å². The Balaban J connectivity index is 1.72. The van der Waals surface area contributed by atoms with Gasteiger partial charge in [0.05, 0.1) is 6.67 Å². The molecule has 0 N–H and O–H groups in total. The monoisotopic (exact) mass is 376 g/mol. The Bertz CT molecular complexity index is 949. The number of fused-ring (bicyclic) bond motifs is 1. The lowest BCUT2D eigenvalue weighted by molar-refractivity contribution is 0.0943. The van der Waals surface area contributed by atoms with Crippen LogP contribution in [-0.2, 0) is 6.54 Å². The van der Waals surface area contributed by atoms with Crippen molar-refractivity contribution < 1.29 is 4.79 Å². The Morgan fingerprint density at radius 1 is 1.00 bits per heavy atom. The summed E-state index contributed by atoms with van der Waals surface area (Å²) in [4.78, 5) is 18.9. The van der Waals surface area contributed by atoms with Crippen LogP contribution in [0.1, 0.15) is 44.9 Å². The minimum absolute atomic E-state index is 0.0723. The standard InChI is InChI=1S/C23H24N2OS/c1-16-18(3)27-23-21(16)14-24(17(2)19-10-6-4-7-11-19)15-25(23)22(26)20-12-8-5-9-13-20/h4-13,17H,14-15H2,1-3H3/t17-/m0/s1. The minimum atomic E-state index is 0.0723. The van der Waals surface area contributed by atoms with E-state index in [-0.39, 0.29) is 11.9 Å². The van der Waals surface area contributed by atoms with Crippen LogP contribution in [0.15, 0.2) is 60.7 Å². The maximum absolute atomic E-state index is 13.3. The first kappa shape index (κ1) is 18.0. The Kier molecular flexibility index (Phi) is 4.85. The van der Waals surface area contributed by atoms with E-state index in [0.29, 0.717) is 6.67 Å². The van der Waals surface area contributed by atoms with E-state index in [0.717, 1.165) is 17.1 Å². The van der Waals surface area contributed by atoms with Gasteiger partial charge in [-0.05, 0) is 44.0 Å². The number of anilines is 1. The number of hydrogen-bond donors (Lipinski definition) is 0. The molecule has 3 aromatic rings. The van der Waals surface area contributed by atoms with Crippen LogP contribution in [0.4, 0.5) is 5.00 Å². The van der Waals surface area contributed by atoms with Crippen molar-refractivity contribution >= 4 is 22.2 Å². The molecule has 4 heteroatoms. The number of nitrogens with zero attached hydrogens (tertiary/aromatic N) is 2. The summed E-state index contributed by atoms with van der Waals surface area (Å²) in [5.41, 5.74) is 4.61. The van der Waals surface area contributed by atoms with Gasteiger partial charge in [-0.25, -0.2) is 0 Å². The fourth-order valence-corrected chi connectivity index (χ4v) is 4.81. The van der Waals surface area contributed by atoms with Crippen molar-refractivity contribution in [1.82, 2.24) is 4.90 Å². The number of carbonyl (C=O) groups is 1. The normalized spacial score (nSPS) is 15.4. The summed E-state index contributed by atoms with van der Waals surface area (Å²) in [6.45, 7) is 8.03. The molecule has 0 saturated heterocycles. The highest BCUT2D eigenvalue weighted by molar-refractivity contribution is 7.16. The minimum Gasteiger partial charge on any atom is -0.286 e. The Morgan fingerprint density at radius 2 is 1.63 bits per heavy atom. The SMILES string of the molecule is Cc1sc2c(c1C)CN([C@@H](C)c1ccccc1)CN2C(=O)c1ccccc1. The first-order valence-corrected chi connectivity index (χ1v) is 10.1. The second-order valence-corrected chi connectivity index (χ2v) is 8.34. The van der Waals surface area contributed by atoms with Crippen LogP contribution in [0.2, 0.25) is 0 Å². The van der Waals surface area contributed by atoms with Gasteiger partial charge in [-0.1, -0.05) is 48.5 Å². The van der Waals surface area contributed by atoms with Crippen LogP contribution < -0.4 is 4.90 Å². The maximum atomic E-state index is 13.3. The topological polar surface area (TPSA) is 23.6 Å². The van der Waals surface area contributed by atoms with Gasteiger partial charge in [-0.15, -0.1) is 11.3 Å². The van der Waals surface area contributed by atoms with Gasteiger partial charge in [0.15, 0.2) is 0 Å². The summed E-state index contributed by atoms with van der Waals surface area (Å²) >= 11 is 1.74. The second-order valence-electron chi connectivity index (χ2n) is 7.14. The van der Waals surface area contributed by atoms with Crippen molar-refractivity contribution in [2.45, 2.75) is 33.4 Å². The molecule has 138 valence electrons. The summed E-state index contributed by atoms with van der Waals surface area (Å²) < 4.78 is 0. The van der Waals surface area contributed by atoms with E-state index in [1.807, 2.05) is 41.3 Å². The van der Waals surface area contributed by atoms with Gasteiger partial charge >= 0.3 is 0 Å². The van der Waals surface area contributed by atoms with E-state index in [4.69, 9.17) is 0 Å². The average Bonchev–Trinajstić information content (AvgIpc) is 3.01. The van der Waals surface area contributed by atoms with E-state index in [1.165, 1.54) is 21.6 Å². The number of carbonyl (C=O) groups excluding carboxylic acids is 1. The van der Waals surface area contributed by atoms with Crippen molar-refractivity contribution in [3.8, 4) is 0 Å². The molecule has 0 fully saturated rings. The molecule has 0 aliphatic carbocycles. The predicted octanol–water partition coefficient (Wildman–Crippen LogP) is 5.55. The van der Waals surface area contributed by atoms with Crippen molar-refractivity contribution in [3.63, 3.8) is 0 Å². The van der Waals surface area contributed by atoms with Gasteiger partial charge in [0.1, 0.15) is 5.00 Å². The van der Waals surface area contributed by atoms with Crippen molar-refractivity contribution in [2.75, 3.05) is 11.6 Å². The summed E-state index contributed by atoms with van der Waals surface area (Å²) in [7, 11) is 0. The summed E-state index contributed by atoms with van der Waals surface area (Å²) in [5, 5.41) is 1.11. The van der Waals surface area contributed by atoms with Gasteiger partial charge in [0, 0.05) is 28.6 Å². The third kappa shape index (κ3) is 3.31. The third-order valence-electron chi connectivity index (χ3n) is 5.51. The van der Waals surface area contributed by atoms with Crippen LogP contribution in [0.3, 0.4) is 0 Å². The van der Waals surface area contributed by atoms with Crippen LogP contribution in [0.25, 0.3) is 0 Å². The predicted molar refractivity (Wildman–Crippen MR) is 112 cm³/mol. The van der Waals surface area contributed by atoms with Crippen LogP contribution >= 0.6 is 11.3 Å². The lowest BCUT2D eigenvalue weighted by atomic mass is 10.0. The van der Waals surface area contributed by atoms with Crippen LogP contribution in [0.5, 0.6) is 0 Å². The van der Waals surface area contributed by atoms with E-state index >= 15 is 0 Å². The van der Waals surface area contributed by atoms with Crippen molar-refractivity contribution in [2.24, 2.45) is 0 Å². The Labute approximate surface area is 164 Å². The molecule has 1 aliphatic heterocycles. The molecule has 0 bridgehead atoms. The van der Waals surface area contributed by atoms with E-state index in [9.17, 15) is 4.79 Å². The summed E-state index contributed by atoms with van der Waals surface area (Å²) in [6, 6.07) is 20.4. The Hall–Kier alpha value is -2.43. The van der Waals surface area contributed by atoms with E-state index in [2.05, 4.69) is 49.9 Å². The first-order chi connectivity index (χ1) is 13.1. The van der Waals surface area contributed by atoms with Gasteiger partial charge < -0.3 is 0 Å². The lowest BCUT2D eigenvalue weighted by Gasteiger charge is -2.39. The molecule has 3 nitrogen and oxygen atoms in total. The molecule has 27 heavy (non-hydrogen) atoms. The highest BCUT2D eigenvalue weighted by Gasteiger charge is 2.33. The largest absolute Gasteiger partial charge is 0.286 e. The molecule has 0 unspecified atom stereocenters. The molecule has 1 aromatic heterocycles. The fraction of sp³-hybridized carbons (Fsp3) is 0.261. The third-order valence-corrected chi connectivity index (χ3v) is 6.79. The van der Waals surface area contributed by atoms with E-state index in [1.54, 1.807) is 11.3 Å². The number of thiophene rings is 1. The van der Waals surface area contributed by atoms with Gasteiger partial charge in [0.2, 0.25) is 0 Å². The van der Waals surface area contributed by atoms with Crippen LogP contribution in [-0.4, -0.2) is 17.5 Å². The maximum Gasteiger partial charge on any atom is 0.260 e. The van der Waals surface area contributed by atoms with Gasteiger partial charge in [-0.3, -0.25) is 14.6 Å². The lowest BCUT2D eigenvalue weighted by Crippen LogP contribution is -2.45. The summed E-state index contributed by atoms with van der Waals surface area (Å²) in [6.07, 6.45) is 0. The van der Waals surface area contributed by atoms with Crippen molar-refractivity contribution in [3.05, 3.63) is 87.8 Å². The smallest absolute Gasteiger partial charge is 0.260 e. The molecule has 4 rings (SSSR count). The second kappa shape index (κ2) is 7.29. The number of aryl methyl sites for hydroxylation is 1. The quantitative estimate of drug-likeness (QED) is 0.599. The molecular formula is C23H24N2OS. The molecular weight excluding hydrogens is 352 g/mol. The van der Waals surface area contributed by atoms with Gasteiger partial charge in [0.25, 0.3) is 5.91 Å². The first-order valence-electron chi connectivity index (χ1n) is 9.31. The van der Waals surface area contributed by atoms with Crippen LogP contribution in [0, 0.1) is 13.8 Å². The average molecular weight is 377 g/mol. The molecule has 2 aromatic carbocycles. The zero-order chi connectivity index (χ0) is 19.0. The molecule has 0 saturated carbocycles. The Morgan fingerprint density at radius 3 is 2.30 bits per heavy atom. The molecule has 0 radical (unpaired) electrons. The fourth-order valence-electron chi connectivity index (χ4n) is 3.65. The van der Waals surface area contributed by atoms with E-state index < -0.39 is 0 Å². The summed E-state index contributed by atoms with van der Waals surface area (Å²) in [5.74, 6) is 0.0723. The molecule has 2 heterocycles. The number of benzene rings is 2. The highest BCUT2D eigenvalue weighted by atomic mass is 32.1. The number of amides is 1. The number of rotatable bonds is 3. The number of hydrogen-bond acceptors (Lipinski definition) is 3. The highest BCUT2D eigenvalue weighted by Crippen LogP contribution is 2.41. The molecule has 1 aliphatic rings. The zero-order valence-electron chi connectivity index (χ0n) is 16.0. The molecule has 1 atom stereocenters.